The average Bonchev–Trinajstić information content (AvgIpc) is 3.37. The number of amides is 1. The molecule has 0 saturated carbocycles. The van der Waals surface area contributed by atoms with E-state index < -0.39 is 17.2 Å². The summed E-state index contributed by atoms with van der Waals surface area (Å²) in [4.78, 5) is 41.4. The van der Waals surface area contributed by atoms with E-state index in [9.17, 15) is 14.4 Å². The summed E-state index contributed by atoms with van der Waals surface area (Å²) in [6.07, 6.45) is 1.52. The molecule has 0 saturated heterocycles. The van der Waals surface area contributed by atoms with Gasteiger partial charge in [0.15, 0.2) is 11.5 Å². The Bertz CT molecular complexity index is 1480. The molecule has 1 amide bonds. The van der Waals surface area contributed by atoms with Crippen molar-refractivity contribution in [3.05, 3.63) is 85.6 Å². The molecule has 2 N–H and O–H groups in total. The molecule has 0 atom stereocenters. The van der Waals surface area contributed by atoms with Crippen molar-refractivity contribution in [2.24, 2.45) is 7.05 Å². The Hall–Kier alpha value is -3.98. The second-order valence-electron chi connectivity index (χ2n) is 7.29. The number of carbonyl (C=O) groups is 1. The van der Waals surface area contributed by atoms with Gasteiger partial charge in [-0.05, 0) is 42.0 Å². The van der Waals surface area contributed by atoms with Crippen LogP contribution < -0.4 is 26.0 Å². The highest BCUT2D eigenvalue weighted by molar-refractivity contribution is 6.30. The Morgan fingerprint density at radius 2 is 1.88 bits per heavy atom. The molecule has 32 heavy (non-hydrogen) atoms. The van der Waals surface area contributed by atoms with Crippen LogP contribution in [0.5, 0.6) is 11.5 Å². The zero-order valence-electron chi connectivity index (χ0n) is 16.8. The lowest BCUT2D eigenvalue weighted by molar-refractivity contribution is 0.0952. The van der Waals surface area contributed by atoms with E-state index in [0.717, 1.165) is 10.1 Å². The number of fused-ring (bicyclic) bond motifs is 2. The molecule has 4 aromatic rings. The number of carbonyl (C=O) groups excluding carboxylic acids is 1. The van der Waals surface area contributed by atoms with Crippen LogP contribution in [-0.4, -0.2) is 26.8 Å². The molecule has 2 aromatic carbocycles. The Labute approximate surface area is 185 Å². The van der Waals surface area contributed by atoms with Crippen molar-refractivity contribution in [3.63, 3.8) is 0 Å². The second-order valence-corrected chi connectivity index (χ2v) is 7.73. The molecule has 3 heterocycles. The van der Waals surface area contributed by atoms with Crippen molar-refractivity contribution < 1.29 is 14.3 Å². The first-order valence-corrected chi connectivity index (χ1v) is 10.1. The van der Waals surface area contributed by atoms with Crippen LogP contribution in [0, 0.1) is 0 Å². The normalized spacial score (nSPS) is 12.3. The second kappa shape index (κ2) is 7.61. The van der Waals surface area contributed by atoms with Gasteiger partial charge >= 0.3 is 5.69 Å². The van der Waals surface area contributed by atoms with Gasteiger partial charge in [0.1, 0.15) is 5.52 Å². The highest BCUT2D eigenvalue weighted by Gasteiger charge is 2.20. The van der Waals surface area contributed by atoms with Crippen molar-refractivity contribution in [2.75, 3.05) is 6.79 Å². The van der Waals surface area contributed by atoms with Crippen LogP contribution in [0.4, 0.5) is 0 Å². The zero-order chi connectivity index (χ0) is 22.4. The molecule has 0 aliphatic carbocycles. The highest BCUT2D eigenvalue weighted by atomic mass is 35.5. The average molecular weight is 453 g/mol. The lowest BCUT2D eigenvalue weighted by Gasteiger charge is -2.07. The van der Waals surface area contributed by atoms with Gasteiger partial charge < -0.3 is 24.3 Å². The molecule has 0 unspecified atom stereocenters. The Morgan fingerprint density at radius 1 is 1.12 bits per heavy atom. The van der Waals surface area contributed by atoms with E-state index in [-0.39, 0.29) is 29.9 Å². The number of H-pyrrole nitrogens is 1. The third-order valence-electron chi connectivity index (χ3n) is 5.24. The number of hydrogen-bond donors (Lipinski definition) is 2. The van der Waals surface area contributed by atoms with Crippen LogP contribution in [0.25, 0.3) is 16.7 Å². The molecule has 0 radical (unpaired) electrons. The van der Waals surface area contributed by atoms with E-state index in [1.807, 2.05) is 6.07 Å². The molecule has 10 heteroatoms. The smallest absolute Gasteiger partial charge is 0.333 e. The van der Waals surface area contributed by atoms with Gasteiger partial charge in [-0.15, -0.1) is 0 Å². The first kappa shape index (κ1) is 20.0. The van der Waals surface area contributed by atoms with Gasteiger partial charge in [0.05, 0.1) is 16.8 Å². The summed E-state index contributed by atoms with van der Waals surface area (Å²) in [7, 11) is 1.64. The number of aromatic nitrogens is 3. The van der Waals surface area contributed by atoms with Gasteiger partial charge in [-0.2, -0.15) is 0 Å². The Morgan fingerprint density at radius 3 is 2.66 bits per heavy atom. The molecule has 2 aromatic heterocycles. The van der Waals surface area contributed by atoms with Gasteiger partial charge in [0.25, 0.3) is 11.5 Å². The van der Waals surface area contributed by atoms with Crippen molar-refractivity contribution in [2.45, 2.75) is 6.54 Å². The molecule has 5 rings (SSSR count). The largest absolute Gasteiger partial charge is 0.454 e. The van der Waals surface area contributed by atoms with Crippen LogP contribution in [0.15, 0.2) is 58.3 Å². The van der Waals surface area contributed by atoms with E-state index in [1.165, 1.54) is 10.8 Å². The van der Waals surface area contributed by atoms with Gasteiger partial charge in [-0.25, -0.2) is 9.36 Å². The lowest BCUT2D eigenvalue weighted by atomic mass is 10.2. The molecule has 1 aliphatic heterocycles. The fourth-order valence-electron chi connectivity index (χ4n) is 3.70. The minimum absolute atomic E-state index is 0.169. The summed E-state index contributed by atoms with van der Waals surface area (Å²) in [6.45, 7) is 0.403. The number of benzene rings is 2. The van der Waals surface area contributed by atoms with E-state index in [4.69, 9.17) is 21.1 Å². The Kier molecular flexibility index (Phi) is 4.75. The summed E-state index contributed by atoms with van der Waals surface area (Å²) in [5.41, 5.74) is 0.576. The van der Waals surface area contributed by atoms with Crippen molar-refractivity contribution in [1.29, 1.82) is 0 Å². The SMILES string of the molecule is Cn1cc(C(=O)NCc2ccc3c(c2)OCO3)c2[nH]c(=O)n(-c3ccc(Cl)cc3)c(=O)c21. The summed E-state index contributed by atoms with van der Waals surface area (Å²) in [6, 6.07) is 11.7. The summed E-state index contributed by atoms with van der Waals surface area (Å²) >= 11 is 5.90. The van der Waals surface area contributed by atoms with Crippen molar-refractivity contribution in [1.82, 2.24) is 19.4 Å². The summed E-state index contributed by atoms with van der Waals surface area (Å²) < 4.78 is 13.2. The van der Waals surface area contributed by atoms with Gasteiger partial charge in [0, 0.05) is 24.8 Å². The third-order valence-corrected chi connectivity index (χ3v) is 5.49. The number of ether oxygens (including phenoxy) is 2. The van der Waals surface area contributed by atoms with E-state index in [1.54, 1.807) is 43.4 Å². The minimum atomic E-state index is -0.652. The van der Waals surface area contributed by atoms with Crippen molar-refractivity contribution >= 4 is 28.5 Å². The monoisotopic (exact) mass is 452 g/mol. The van der Waals surface area contributed by atoms with Crippen LogP contribution in [-0.2, 0) is 13.6 Å². The van der Waals surface area contributed by atoms with Gasteiger partial charge in [-0.1, -0.05) is 17.7 Å². The predicted octanol–water partition coefficient (Wildman–Crippen LogP) is 2.33. The molecule has 0 bridgehead atoms. The third kappa shape index (κ3) is 3.32. The molecular weight excluding hydrogens is 436 g/mol. The fraction of sp³-hybridized carbons (Fsp3) is 0.136. The maximum absolute atomic E-state index is 13.1. The maximum Gasteiger partial charge on any atom is 0.333 e. The van der Waals surface area contributed by atoms with Crippen LogP contribution in [0.2, 0.25) is 5.02 Å². The first-order valence-electron chi connectivity index (χ1n) is 9.69. The highest BCUT2D eigenvalue weighted by Crippen LogP contribution is 2.32. The zero-order valence-corrected chi connectivity index (χ0v) is 17.6. The number of aromatic amines is 1. The molecule has 0 fully saturated rings. The minimum Gasteiger partial charge on any atom is -0.454 e. The number of rotatable bonds is 4. The van der Waals surface area contributed by atoms with Crippen LogP contribution in [0.1, 0.15) is 15.9 Å². The quantitative estimate of drug-likeness (QED) is 0.494. The van der Waals surface area contributed by atoms with E-state index in [0.29, 0.717) is 22.2 Å². The molecule has 0 spiro atoms. The number of halogens is 1. The van der Waals surface area contributed by atoms with Crippen LogP contribution in [0.3, 0.4) is 0 Å². The van der Waals surface area contributed by atoms with Crippen LogP contribution >= 0.6 is 11.6 Å². The van der Waals surface area contributed by atoms with E-state index in [2.05, 4.69) is 10.3 Å². The van der Waals surface area contributed by atoms with Crippen molar-refractivity contribution in [3.8, 4) is 17.2 Å². The summed E-state index contributed by atoms with van der Waals surface area (Å²) in [5.74, 6) is 0.852. The Balaban J connectivity index is 1.48. The molecule has 9 nitrogen and oxygen atoms in total. The topological polar surface area (TPSA) is 107 Å². The first-order chi connectivity index (χ1) is 15.4. The number of hydrogen-bond acceptors (Lipinski definition) is 5. The molecular formula is C22H17ClN4O5. The fourth-order valence-corrected chi connectivity index (χ4v) is 3.82. The number of nitrogens with one attached hydrogen (secondary N) is 2. The number of aryl methyl sites for hydroxylation is 1. The molecule has 1 aliphatic rings. The maximum atomic E-state index is 13.1. The predicted molar refractivity (Wildman–Crippen MR) is 118 cm³/mol. The number of nitrogens with zero attached hydrogens (tertiary/aromatic N) is 2. The molecule has 162 valence electrons. The van der Waals surface area contributed by atoms with Gasteiger partial charge in [0.2, 0.25) is 6.79 Å². The standard InChI is InChI=1S/C22H17ClN4O5/c1-26-10-15(20(28)24-9-12-2-7-16-17(8-12)32-11-31-16)18-19(26)21(29)27(22(30)25-18)14-5-3-13(23)4-6-14/h2-8,10H,9,11H2,1H3,(H,24,28)(H,25,30). The van der Waals surface area contributed by atoms with E-state index >= 15 is 0 Å². The lowest BCUT2D eigenvalue weighted by Crippen LogP contribution is -2.34. The van der Waals surface area contributed by atoms with Gasteiger partial charge in [-0.3, -0.25) is 9.59 Å². The summed E-state index contributed by atoms with van der Waals surface area (Å²) in [5, 5.41) is 3.29.